The van der Waals surface area contributed by atoms with E-state index in [4.69, 9.17) is 0 Å². The molecule has 1 amide bonds. The quantitative estimate of drug-likeness (QED) is 0.690. The smallest absolute Gasteiger partial charge is 0.230 e. The first-order valence-corrected chi connectivity index (χ1v) is 5.31. The number of Topliss-reactive ketones (excluding diaryl/α,β-unsaturated/α-hetero) is 1. The lowest BCUT2D eigenvalue weighted by Crippen LogP contribution is -2.23. The van der Waals surface area contributed by atoms with Crippen LogP contribution in [0, 0.1) is 6.92 Å². The number of rotatable bonds is 2. The SMILES string of the molecule is Cc1ccc(CN2CC(=O)CC2=O)s1. The van der Waals surface area contributed by atoms with Crippen molar-refractivity contribution in [2.75, 3.05) is 6.54 Å². The summed E-state index contributed by atoms with van der Waals surface area (Å²) in [4.78, 5) is 26.3. The van der Waals surface area contributed by atoms with Gasteiger partial charge in [0.15, 0.2) is 5.78 Å². The number of nitrogens with zero attached hydrogens (tertiary/aromatic N) is 1. The number of ketones is 1. The third-order valence-corrected chi connectivity index (χ3v) is 3.20. The van der Waals surface area contributed by atoms with E-state index in [9.17, 15) is 9.59 Å². The van der Waals surface area contributed by atoms with E-state index in [-0.39, 0.29) is 24.7 Å². The highest BCUT2D eigenvalue weighted by Gasteiger charge is 2.27. The minimum Gasteiger partial charge on any atom is -0.330 e. The minimum absolute atomic E-state index is 0.0308. The Labute approximate surface area is 86.3 Å². The normalized spacial score (nSPS) is 16.8. The van der Waals surface area contributed by atoms with Crippen molar-refractivity contribution in [1.29, 1.82) is 0 Å². The zero-order valence-electron chi connectivity index (χ0n) is 7.95. The average molecular weight is 209 g/mol. The van der Waals surface area contributed by atoms with E-state index >= 15 is 0 Å². The van der Waals surface area contributed by atoms with E-state index in [0.717, 1.165) is 4.88 Å². The molecule has 1 saturated heterocycles. The Morgan fingerprint density at radius 1 is 1.43 bits per heavy atom. The molecule has 3 nitrogen and oxygen atoms in total. The van der Waals surface area contributed by atoms with E-state index in [1.807, 2.05) is 19.1 Å². The van der Waals surface area contributed by atoms with Gasteiger partial charge in [-0.05, 0) is 19.1 Å². The number of aryl methyl sites for hydroxylation is 1. The van der Waals surface area contributed by atoms with Crippen LogP contribution >= 0.6 is 11.3 Å². The van der Waals surface area contributed by atoms with E-state index < -0.39 is 0 Å². The van der Waals surface area contributed by atoms with Crippen molar-refractivity contribution in [3.8, 4) is 0 Å². The second-order valence-electron chi connectivity index (χ2n) is 3.48. The molecule has 0 aromatic carbocycles. The summed E-state index contributed by atoms with van der Waals surface area (Å²) in [5.41, 5.74) is 0. The highest BCUT2D eigenvalue weighted by molar-refractivity contribution is 7.11. The lowest BCUT2D eigenvalue weighted by molar-refractivity contribution is -0.128. The summed E-state index contributed by atoms with van der Waals surface area (Å²) in [6, 6.07) is 4.04. The molecule has 74 valence electrons. The maximum atomic E-state index is 11.3. The van der Waals surface area contributed by atoms with Crippen LogP contribution in [0.2, 0.25) is 0 Å². The predicted octanol–water partition coefficient (Wildman–Crippen LogP) is 1.36. The van der Waals surface area contributed by atoms with Gasteiger partial charge in [-0.2, -0.15) is 0 Å². The maximum Gasteiger partial charge on any atom is 0.230 e. The van der Waals surface area contributed by atoms with Gasteiger partial charge in [0.25, 0.3) is 0 Å². The van der Waals surface area contributed by atoms with Crippen LogP contribution in [0.25, 0.3) is 0 Å². The van der Waals surface area contributed by atoms with E-state index in [1.165, 1.54) is 4.88 Å². The van der Waals surface area contributed by atoms with Gasteiger partial charge in [-0.3, -0.25) is 9.59 Å². The summed E-state index contributed by atoms with van der Waals surface area (Å²) in [7, 11) is 0. The fourth-order valence-electron chi connectivity index (χ4n) is 1.54. The molecule has 0 saturated carbocycles. The van der Waals surface area contributed by atoms with Crippen molar-refractivity contribution in [3.05, 3.63) is 21.9 Å². The molecule has 2 heterocycles. The Kier molecular flexibility index (Phi) is 2.37. The molecule has 0 bridgehead atoms. The number of thiophene rings is 1. The first-order chi connectivity index (χ1) is 6.65. The second-order valence-corrected chi connectivity index (χ2v) is 4.85. The molecule has 0 aliphatic carbocycles. The largest absolute Gasteiger partial charge is 0.330 e. The van der Waals surface area contributed by atoms with Crippen molar-refractivity contribution in [2.45, 2.75) is 19.9 Å². The first-order valence-electron chi connectivity index (χ1n) is 4.50. The number of amides is 1. The van der Waals surface area contributed by atoms with Crippen molar-refractivity contribution in [1.82, 2.24) is 4.90 Å². The molecule has 4 heteroatoms. The van der Waals surface area contributed by atoms with Gasteiger partial charge in [0.2, 0.25) is 5.91 Å². The van der Waals surface area contributed by atoms with E-state index in [1.54, 1.807) is 16.2 Å². The molecule has 0 radical (unpaired) electrons. The van der Waals surface area contributed by atoms with Crippen molar-refractivity contribution < 1.29 is 9.59 Å². The standard InChI is InChI=1S/C10H11NO2S/c1-7-2-3-9(14-7)6-11-5-8(12)4-10(11)13/h2-3H,4-6H2,1H3. The Balaban J connectivity index is 2.05. The molecule has 2 rings (SSSR count). The van der Waals surface area contributed by atoms with Crippen LogP contribution in [0.1, 0.15) is 16.2 Å². The molecule has 1 aliphatic rings. The van der Waals surface area contributed by atoms with Crippen LogP contribution < -0.4 is 0 Å². The predicted molar refractivity (Wildman–Crippen MR) is 54.1 cm³/mol. The molecule has 1 fully saturated rings. The van der Waals surface area contributed by atoms with Crippen LogP contribution in [0.3, 0.4) is 0 Å². The van der Waals surface area contributed by atoms with Gasteiger partial charge in [-0.1, -0.05) is 0 Å². The first kappa shape index (κ1) is 9.40. The number of carbonyl (C=O) groups is 2. The number of hydrogen-bond donors (Lipinski definition) is 0. The van der Waals surface area contributed by atoms with Crippen LogP contribution in [0.5, 0.6) is 0 Å². The molecular formula is C10H11NO2S. The Morgan fingerprint density at radius 2 is 2.21 bits per heavy atom. The monoisotopic (exact) mass is 209 g/mol. The van der Waals surface area contributed by atoms with Crippen molar-refractivity contribution in [3.63, 3.8) is 0 Å². The molecule has 1 aliphatic heterocycles. The third-order valence-electron chi connectivity index (χ3n) is 2.21. The third kappa shape index (κ3) is 1.85. The molecule has 0 N–H and O–H groups in total. The molecule has 0 atom stereocenters. The summed E-state index contributed by atoms with van der Waals surface area (Å²) in [6.07, 6.45) is 0.0877. The second kappa shape index (κ2) is 3.53. The lowest BCUT2D eigenvalue weighted by atomic mass is 10.3. The highest BCUT2D eigenvalue weighted by atomic mass is 32.1. The number of likely N-dealkylation sites (tertiary alicyclic amines) is 1. The number of carbonyl (C=O) groups excluding carboxylic acids is 2. The summed E-state index contributed by atoms with van der Waals surface area (Å²) in [6.45, 7) is 2.91. The Hall–Kier alpha value is -1.16. The zero-order chi connectivity index (χ0) is 10.1. The molecule has 14 heavy (non-hydrogen) atoms. The summed E-state index contributed by atoms with van der Waals surface area (Å²) >= 11 is 1.67. The van der Waals surface area contributed by atoms with Crippen molar-refractivity contribution >= 4 is 23.0 Å². The fourth-order valence-corrected chi connectivity index (χ4v) is 2.45. The van der Waals surface area contributed by atoms with Gasteiger partial charge in [-0.15, -0.1) is 11.3 Å². The molecule has 0 unspecified atom stereocenters. The van der Waals surface area contributed by atoms with Gasteiger partial charge in [-0.25, -0.2) is 0 Å². The molecule has 1 aromatic heterocycles. The van der Waals surface area contributed by atoms with Gasteiger partial charge in [0.1, 0.15) is 0 Å². The average Bonchev–Trinajstić information content (AvgIpc) is 2.61. The Bertz CT molecular complexity index is 383. The fraction of sp³-hybridized carbons (Fsp3) is 0.400. The van der Waals surface area contributed by atoms with Crippen LogP contribution in [0.15, 0.2) is 12.1 Å². The highest BCUT2D eigenvalue weighted by Crippen LogP contribution is 2.19. The van der Waals surface area contributed by atoms with Gasteiger partial charge in [0, 0.05) is 9.75 Å². The van der Waals surface area contributed by atoms with E-state index in [2.05, 4.69) is 0 Å². The minimum atomic E-state index is -0.0407. The molecule has 0 spiro atoms. The summed E-state index contributed by atoms with van der Waals surface area (Å²) < 4.78 is 0. The van der Waals surface area contributed by atoms with E-state index in [0.29, 0.717) is 6.54 Å². The van der Waals surface area contributed by atoms with Gasteiger partial charge < -0.3 is 4.90 Å². The van der Waals surface area contributed by atoms with Crippen LogP contribution in [-0.4, -0.2) is 23.1 Å². The molecular weight excluding hydrogens is 198 g/mol. The number of hydrogen-bond acceptors (Lipinski definition) is 3. The van der Waals surface area contributed by atoms with Crippen molar-refractivity contribution in [2.24, 2.45) is 0 Å². The van der Waals surface area contributed by atoms with Crippen LogP contribution in [0.4, 0.5) is 0 Å². The topological polar surface area (TPSA) is 37.4 Å². The van der Waals surface area contributed by atoms with Crippen LogP contribution in [-0.2, 0) is 16.1 Å². The summed E-state index contributed by atoms with van der Waals surface area (Å²) in [5, 5.41) is 0. The van der Waals surface area contributed by atoms with Gasteiger partial charge in [0.05, 0.1) is 19.5 Å². The summed E-state index contributed by atoms with van der Waals surface area (Å²) in [5.74, 6) is -0.00988. The zero-order valence-corrected chi connectivity index (χ0v) is 8.76. The maximum absolute atomic E-state index is 11.3. The lowest BCUT2D eigenvalue weighted by Gasteiger charge is -2.12. The Morgan fingerprint density at radius 3 is 2.71 bits per heavy atom. The molecule has 1 aromatic rings. The van der Waals surface area contributed by atoms with Gasteiger partial charge >= 0.3 is 0 Å².